The first-order valence-electron chi connectivity index (χ1n) is 7.85. The lowest BCUT2D eigenvalue weighted by Crippen LogP contribution is -2.12. The molecule has 5 nitrogen and oxygen atoms in total. The number of nitrogens with one attached hydrogen (secondary N) is 1. The van der Waals surface area contributed by atoms with Crippen LogP contribution in [0.5, 0.6) is 0 Å². The number of hydrogen-bond donors (Lipinski definition) is 1. The maximum Gasteiger partial charge on any atom is 0.322 e. The Bertz CT molecular complexity index is 913. The second-order valence-corrected chi connectivity index (χ2v) is 7.51. The van der Waals surface area contributed by atoms with Gasteiger partial charge in [-0.3, -0.25) is 10.1 Å². The molecule has 1 heterocycles. The Hall–Kier alpha value is -2.02. The third kappa shape index (κ3) is 4.78. The molecule has 1 aromatic heterocycles. The van der Waals surface area contributed by atoms with E-state index in [0.29, 0.717) is 17.3 Å². The van der Waals surface area contributed by atoms with Crippen LogP contribution in [0.25, 0.3) is 0 Å². The summed E-state index contributed by atoms with van der Waals surface area (Å²) in [7, 11) is 0. The zero-order valence-corrected chi connectivity index (χ0v) is 16.2. The average Bonchev–Trinajstić information content (AvgIpc) is 3.06. The predicted molar refractivity (Wildman–Crippen MR) is 104 cm³/mol. The summed E-state index contributed by atoms with van der Waals surface area (Å²) in [5, 5.41) is 11.0. The minimum absolute atomic E-state index is 0.0131. The average molecular weight is 408 g/mol. The molecule has 0 fully saturated rings. The number of aromatic nitrogens is 2. The monoisotopic (exact) mass is 407 g/mol. The van der Waals surface area contributed by atoms with Gasteiger partial charge in [0.05, 0.1) is 17.0 Å². The summed E-state index contributed by atoms with van der Waals surface area (Å²) in [6, 6.07) is 12.8. The Labute approximate surface area is 165 Å². The molecule has 0 aliphatic rings. The number of carbonyl (C=O) groups is 1. The molecule has 0 atom stereocenters. The van der Waals surface area contributed by atoms with Crippen molar-refractivity contribution >= 4 is 46.9 Å². The van der Waals surface area contributed by atoms with Crippen molar-refractivity contribution in [1.82, 2.24) is 10.2 Å². The number of amides is 1. The minimum atomic E-state index is -0.464. The Morgan fingerprint density at radius 1 is 1.15 bits per heavy atom. The molecule has 0 aliphatic carbocycles. The van der Waals surface area contributed by atoms with Crippen molar-refractivity contribution in [3.63, 3.8) is 0 Å². The third-order valence-corrected chi connectivity index (χ3v) is 4.91. The predicted octanol–water partition coefficient (Wildman–Crippen LogP) is 5.33. The lowest BCUT2D eigenvalue weighted by atomic mass is 10.1. The fourth-order valence-electron chi connectivity index (χ4n) is 2.26. The van der Waals surface area contributed by atoms with Crippen LogP contribution in [0.4, 0.5) is 6.01 Å². The van der Waals surface area contributed by atoms with Crippen LogP contribution in [0, 0.1) is 0 Å². The number of nitrogens with zero attached hydrogens (tertiary/aromatic N) is 2. The van der Waals surface area contributed by atoms with Gasteiger partial charge >= 0.3 is 6.01 Å². The Morgan fingerprint density at radius 2 is 1.92 bits per heavy atom. The van der Waals surface area contributed by atoms with Gasteiger partial charge in [0, 0.05) is 9.92 Å². The van der Waals surface area contributed by atoms with Crippen LogP contribution in [0.2, 0.25) is 10.0 Å². The molecule has 0 unspecified atom stereocenters. The van der Waals surface area contributed by atoms with Crippen molar-refractivity contribution in [1.29, 1.82) is 0 Å². The van der Waals surface area contributed by atoms with Gasteiger partial charge in [-0.1, -0.05) is 47.4 Å². The number of anilines is 1. The maximum atomic E-state index is 12.3. The topological polar surface area (TPSA) is 68.0 Å². The first kappa shape index (κ1) is 18.8. The van der Waals surface area contributed by atoms with Gasteiger partial charge in [0.1, 0.15) is 0 Å². The van der Waals surface area contributed by atoms with E-state index >= 15 is 0 Å². The largest absolute Gasteiger partial charge is 0.407 e. The van der Waals surface area contributed by atoms with Crippen LogP contribution >= 0.6 is 35.0 Å². The van der Waals surface area contributed by atoms with E-state index in [0.717, 1.165) is 11.3 Å². The van der Waals surface area contributed by atoms with Gasteiger partial charge in [0.25, 0.3) is 5.91 Å². The summed E-state index contributed by atoms with van der Waals surface area (Å²) >= 11 is 13.7. The fourth-order valence-corrected chi connectivity index (χ4v) is 3.29. The number of thioether (sulfide) groups is 1. The molecule has 0 bridgehead atoms. The van der Waals surface area contributed by atoms with Crippen LogP contribution in [-0.2, 0) is 6.42 Å². The van der Waals surface area contributed by atoms with E-state index in [9.17, 15) is 4.79 Å². The van der Waals surface area contributed by atoms with Crippen LogP contribution in [0.15, 0.2) is 51.8 Å². The molecule has 26 heavy (non-hydrogen) atoms. The summed E-state index contributed by atoms with van der Waals surface area (Å²) in [6.07, 6.45) is 0.484. The maximum absolute atomic E-state index is 12.3. The summed E-state index contributed by atoms with van der Waals surface area (Å²) in [4.78, 5) is 13.5. The third-order valence-electron chi connectivity index (χ3n) is 3.45. The van der Waals surface area contributed by atoms with E-state index in [1.165, 1.54) is 11.0 Å². The van der Waals surface area contributed by atoms with Crippen LogP contribution in [0.3, 0.4) is 0 Å². The Kier molecular flexibility index (Phi) is 6.19. The molecule has 3 rings (SSSR count). The standard InChI is InChI=1S/C18H15Cl2N3O2S/c1-2-26-13-6-3-11(4-7-13)9-16-22-23-18(25-16)21-17(24)14-10-12(19)5-8-15(14)20/h3-8,10H,2,9H2,1H3,(H,21,23,24). The van der Waals surface area contributed by atoms with Gasteiger partial charge in [-0.2, -0.15) is 0 Å². The van der Waals surface area contributed by atoms with Crippen molar-refractivity contribution in [3.05, 3.63) is 69.5 Å². The quantitative estimate of drug-likeness (QED) is 0.559. The Balaban J connectivity index is 1.66. The first-order chi connectivity index (χ1) is 12.5. The molecular formula is C18H15Cl2N3O2S. The van der Waals surface area contributed by atoms with Crippen LogP contribution < -0.4 is 5.32 Å². The number of rotatable bonds is 6. The van der Waals surface area contributed by atoms with E-state index in [-0.39, 0.29) is 16.6 Å². The summed E-state index contributed by atoms with van der Waals surface area (Å²) in [5.41, 5.74) is 1.28. The number of carbonyl (C=O) groups excluding carboxylic acids is 1. The van der Waals surface area contributed by atoms with Crippen LogP contribution in [0.1, 0.15) is 28.7 Å². The number of hydrogen-bond acceptors (Lipinski definition) is 5. The van der Waals surface area contributed by atoms with Gasteiger partial charge in [0.15, 0.2) is 0 Å². The molecule has 1 amide bonds. The second kappa shape index (κ2) is 8.58. The van der Waals surface area contributed by atoms with E-state index in [4.69, 9.17) is 27.6 Å². The smallest absolute Gasteiger partial charge is 0.322 e. The number of benzene rings is 2. The van der Waals surface area contributed by atoms with E-state index in [2.05, 4.69) is 34.6 Å². The van der Waals surface area contributed by atoms with Crippen molar-refractivity contribution in [3.8, 4) is 0 Å². The molecule has 3 aromatic rings. The highest BCUT2D eigenvalue weighted by Crippen LogP contribution is 2.22. The molecule has 0 saturated carbocycles. The van der Waals surface area contributed by atoms with Gasteiger partial charge < -0.3 is 4.42 Å². The molecule has 8 heteroatoms. The highest BCUT2D eigenvalue weighted by Gasteiger charge is 2.15. The molecule has 0 saturated heterocycles. The van der Waals surface area contributed by atoms with Crippen molar-refractivity contribution < 1.29 is 9.21 Å². The summed E-state index contributed by atoms with van der Waals surface area (Å²) in [6.45, 7) is 2.11. The van der Waals surface area contributed by atoms with E-state index in [1.807, 2.05) is 12.1 Å². The summed E-state index contributed by atoms with van der Waals surface area (Å²) in [5.74, 6) is 0.977. The molecule has 0 aliphatic heterocycles. The zero-order chi connectivity index (χ0) is 18.5. The van der Waals surface area contributed by atoms with E-state index < -0.39 is 5.91 Å². The Morgan fingerprint density at radius 3 is 2.65 bits per heavy atom. The van der Waals surface area contributed by atoms with Gasteiger partial charge in [0.2, 0.25) is 5.89 Å². The van der Waals surface area contributed by atoms with Crippen molar-refractivity contribution in [2.75, 3.05) is 11.1 Å². The van der Waals surface area contributed by atoms with Gasteiger partial charge in [-0.15, -0.1) is 16.9 Å². The highest BCUT2D eigenvalue weighted by molar-refractivity contribution is 7.99. The zero-order valence-electron chi connectivity index (χ0n) is 13.8. The van der Waals surface area contributed by atoms with Gasteiger partial charge in [-0.25, -0.2) is 0 Å². The molecular weight excluding hydrogens is 393 g/mol. The SMILES string of the molecule is CCSc1ccc(Cc2nnc(NC(=O)c3cc(Cl)ccc3Cl)o2)cc1. The number of halogens is 2. The minimum Gasteiger partial charge on any atom is -0.407 e. The lowest BCUT2D eigenvalue weighted by molar-refractivity contribution is 0.102. The van der Waals surface area contributed by atoms with Gasteiger partial charge in [-0.05, 0) is 41.6 Å². The first-order valence-corrected chi connectivity index (χ1v) is 9.60. The molecule has 134 valence electrons. The van der Waals surface area contributed by atoms with Crippen molar-refractivity contribution in [2.24, 2.45) is 0 Å². The molecule has 2 aromatic carbocycles. The molecule has 0 radical (unpaired) electrons. The lowest BCUT2D eigenvalue weighted by Gasteiger charge is -2.03. The highest BCUT2D eigenvalue weighted by atomic mass is 35.5. The normalized spacial score (nSPS) is 10.7. The molecule has 1 N–H and O–H groups in total. The van der Waals surface area contributed by atoms with Crippen LogP contribution in [-0.4, -0.2) is 21.9 Å². The van der Waals surface area contributed by atoms with E-state index in [1.54, 1.807) is 23.9 Å². The fraction of sp³-hybridized carbons (Fsp3) is 0.167. The molecule has 0 spiro atoms. The second-order valence-electron chi connectivity index (χ2n) is 5.33. The summed E-state index contributed by atoms with van der Waals surface area (Å²) < 4.78 is 5.49. The van der Waals surface area contributed by atoms with Crippen molar-refractivity contribution in [2.45, 2.75) is 18.2 Å².